The number of piperidine rings is 1. The molecular formula is C18H29N3. The third-order valence-corrected chi connectivity index (χ3v) is 5.02. The fraction of sp³-hybridized carbons (Fsp3) is 0.722. The molecule has 1 saturated carbocycles. The molecule has 1 aromatic heterocycles. The lowest BCUT2D eigenvalue weighted by atomic mass is 9.87. The van der Waals surface area contributed by atoms with E-state index < -0.39 is 0 Å². The van der Waals surface area contributed by atoms with E-state index in [9.17, 15) is 0 Å². The van der Waals surface area contributed by atoms with Gasteiger partial charge in [0.05, 0.1) is 5.69 Å². The van der Waals surface area contributed by atoms with E-state index in [0.717, 1.165) is 31.0 Å². The molecule has 2 fully saturated rings. The Hall–Kier alpha value is -0.930. The molecule has 1 saturated heterocycles. The summed E-state index contributed by atoms with van der Waals surface area (Å²) in [4.78, 5) is 7.20. The van der Waals surface area contributed by atoms with Crippen molar-refractivity contribution in [3.63, 3.8) is 0 Å². The number of nitrogens with one attached hydrogen (secondary N) is 1. The highest BCUT2D eigenvalue weighted by molar-refractivity contribution is 5.14. The lowest BCUT2D eigenvalue weighted by Gasteiger charge is -2.33. The minimum atomic E-state index is 0.770. The lowest BCUT2D eigenvalue weighted by molar-refractivity contribution is 0.150. The first-order valence-electron chi connectivity index (χ1n) is 8.60. The quantitative estimate of drug-likeness (QED) is 0.871. The Bertz CT molecular complexity index is 428. The molecule has 2 aliphatic rings. The molecule has 1 aliphatic heterocycles. The zero-order valence-corrected chi connectivity index (χ0v) is 13.5. The lowest BCUT2D eigenvalue weighted by Crippen LogP contribution is -2.34. The molecule has 0 radical (unpaired) electrons. The number of aromatic nitrogens is 1. The maximum absolute atomic E-state index is 4.64. The summed E-state index contributed by atoms with van der Waals surface area (Å²) in [5, 5.41) is 3.54. The molecule has 21 heavy (non-hydrogen) atoms. The summed E-state index contributed by atoms with van der Waals surface area (Å²) in [5.41, 5.74) is 2.53. The van der Waals surface area contributed by atoms with E-state index in [-0.39, 0.29) is 0 Å². The minimum Gasteiger partial charge on any atom is -0.310 e. The van der Waals surface area contributed by atoms with Gasteiger partial charge in [-0.2, -0.15) is 0 Å². The van der Waals surface area contributed by atoms with E-state index in [4.69, 9.17) is 0 Å². The van der Waals surface area contributed by atoms with Gasteiger partial charge in [0, 0.05) is 25.3 Å². The number of hydrogen-bond acceptors (Lipinski definition) is 3. The molecule has 0 unspecified atom stereocenters. The molecular weight excluding hydrogens is 258 g/mol. The van der Waals surface area contributed by atoms with Gasteiger partial charge in [-0.25, -0.2) is 0 Å². The van der Waals surface area contributed by atoms with E-state index in [1.165, 1.54) is 50.0 Å². The van der Waals surface area contributed by atoms with Crippen LogP contribution in [0.4, 0.5) is 0 Å². The molecule has 0 aromatic carbocycles. The van der Waals surface area contributed by atoms with Crippen molar-refractivity contribution in [1.29, 1.82) is 0 Å². The Kier molecular flexibility index (Phi) is 4.91. The standard InChI is InChI=1S/C18H29N3/c1-14(2)16-7-9-21(10-8-16)13-18-4-3-15(12-20-18)11-19-17-5-6-17/h3-4,12,14,16-17,19H,5-11,13H2,1-2H3. The monoisotopic (exact) mass is 287 g/mol. The van der Waals surface area contributed by atoms with Crippen molar-refractivity contribution in [2.75, 3.05) is 13.1 Å². The van der Waals surface area contributed by atoms with Gasteiger partial charge in [-0.15, -0.1) is 0 Å². The van der Waals surface area contributed by atoms with Gasteiger partial charge in [0.2, 0.25) is 0 Å². The van der Waals surface area contributed by atoms with Gasteiger partial charge in [0.25, 0.3) is 0 Å². The van der Waals surface area contributed by atoms with Gasteiger partial charge in [0.1, 0.15) is 0 Å². The summed E-state index contributed by atoms with van der Waals surface area (Å²) in [6.45, 7) is 9.16. The molecule has 1 N–H and O–H groups in total. The van der Waals surface area contributed by atoms with Crippen LogP contribution in [-0.2, 0) is 13.1 Å². The summed E-state index contributed by atoms with van der Waals surface area (Å²) in [6, 6.07) is 5.21. The van der Waals surface area contributed by atoms with Crippen molar-refractivity contribution in [2.45, 2.75) is 58.7 Å². The topological polar surface area (TPSA) is 28.2 Å². The van der Waals surface area contributed by atoms with Crippen LogP contribution in [0, 0.1) is 11.8 Å². The Morgan fingerprint density at radius 2 is 1.95 bits per heavy atom. The van der Waals surface area contributed by atoms with Crippen molar-refractivity contribution in [2.24, 2.45) is 11.8 Å². The highest BCUT2D eigenvalue weighted by atomic mass is 15.1. The Labute approximate surface area is 129 Å². The molecule has 2 heterocycles. The van der Waals surface area contributed by atoms with Gasteiger partial charge in [-0.1, -0.05) is 19.9 Å². The first kappa shape index (κ1) is 15.0. The van der Waals surface area contributed by atoms with Crippen LogP contribution in [0.15, 0.2) is 18.3 Å². The van der Waals surface area contributed by atoms with Crippen LogP contribution in [0.3, 0.4) is 0 Å². The van der Waals surface area contributed by atoms with Crippen molar-refractivity contribution >= 4 is 0 Å². The predicted octanol–water partition coefficient (Wildman–Crippen LogP) is 3.20. The Balaban J connectivity index is 1.44. The van der Waals surface area contributed by atoms with E-state index in [1.807, 2.05) is 6.20 Å². The molecule has 116 valence electrons. The molecule has 0 bridgehead atoms. The molecule has 3 heteroatoms. The second-order valence-electron chi connectivity index (χ2n) is 7.17. The predicted molar refractivity (Wildman–Crippen MR) is 86.9 cm³/mol. The summed E-state index contributed by atoms with van der Waals surface area (Å²) in [7, 11) is 0. The summed E-state index contributed by atoms with van der Waals surface area (Å²) < 4.78 is 0. The smallest absolute Gasteiger partial charge is 0.0544 e. The highest BCUT2D eigenvalue weighted by Gasteiger charge is 2.22. The molecule has 0 amide bonds. The molecule has 1 aromatic rings. The largest absolute Gasteiger partial charge is 0.310 e. The molecule has 3 rings (SSSR count). The second kappa shape index (κ2) is 6.89. The summed E-state index contributed by atoms with van der Waals surface area (Å²) in [5.74, 6) is 1.76. The van der Waals surface area contributed by atoms with Crippen molar-refractivity contribution in [1.82, 2.24) is 15.2 Å². The molecule has 0 spiro atoms. The SMILES string of the molecule is CC(C)C1CCN(Cc2ccc(CNC3CC3)cn2)CC1. The summed E-state index contributed by atoms with van der Waals surface area (Å²) >= 11 is 0. The van der Waals surface area contributed by atoms with Gasteiger partial charge < -0.3 is 5.32 Å². The van der Waals surface area contributed by atoms with E-state index in [0.29, 0.717) is 0 Å². The zero-order valence-electron chi connectivity index (χ0n) is 13.5. The average Bonchev–Trinajstić information content (AvgIpc) is 3.31. The number of pyridine rings is 1. The molecule has 0 atom stereocenters. The van der Waals surface area contributed by atoms with Crippen molar-refractivity contribution in [3.05, 3.63) is 29.6 Å². The van der Waals surface area contributed by atoms with Gasteiger partial charge >= 0.3 is 0 Å². The fourth-order valence-electron chi connectivity index (χ4n) is 3.21. The maximum Gasteiger partial charge on any atom is 0.0544 e. The van der Waals surface area contributed by atoms with Crippen molar-refractivity contribution in [3.8, 4) is 0 Å². The first-order chi connectivity index (χ1) is 10.2. The number of rotatable bonds is 6. The Morgan fingerprint density at radius 3 is 2.52 bits per heavy atom. The Morgan fingerprint density at radius 1 is 1.19 bits per heavy atom. The number of hydrogen-bond donors (Lipinski definition) is 1. The average molecular weight is 287 g/mol. The van der Waals surface area contributed by atoms with Crippen LogP contribution in [0.25, 0.3) is 0 Å². The van der Waals surface area contributed by atoms with Gasteiger partial charge in [-0.3, -0.25) is 9.88 Å². The van der Waals surface area contributed by atoms with E-state index >= 15 is 0 Å². The third kappa shape index (κ3) is 4.52. The van der Waals surface area contributed by atoms with Crippen LogP contribution in [0.1, 0.15) is 50.8 Å². The normalized spacial score (nSPS) is 21.1. The maximum atomic E-state index is 4.64. The van der Waals surface area contributed by atoms with E-state index in [2.05, 4.69) is 41.2 Å². The van der Waals surface area contributed by atoms with Gasteiger partial charge in [-0.05, 0) is 62.2 Å². The van der Waals surface area contributed by atoms with Crippen LogP contribution < -0.4 is 5.32 Å². The van der Waals surface area contributed by atoms with Crippen LogP contribution in [0.5, 0.6) is 0 Å². The minimum absolute atomic E-state index is 0.770. The van der Waals surface area contributed by atoms with Gasteiger partial charge in [0.15, 0.2) is 0 Å². The number of likely N-dealkylation sites (tertiary alicyclic amines) is 1. The zero-order chi connectivity index (χ0) is 14.7. The second-order valence-corrected chi connectivity index (χ2v) is 7.17. The van der Waals surface area contributed by atoms with Crippen LogP contribution >= 0.6 is 0 Å². The summed E-state index contributed by atoms with van der Waals surface area (Å²) in [6.07, 6.45) is 7.43. The highest BCUT2D eigenvalue weighted by Crippen LogP contribution is 2.25. The fourth-order valence-corrected chi connectivity index (χ4v) is 3.21. The van der Waals surface area contributed by atoms with Crippen LogP contribution in [0.2, 0.25) is 0 Å². The molecule has 3 nitrogen and oxygen atoms in total. The first-order valence-corrected chi connectivity index (χ1v) is 8.60. The van der Waals surface area contributed by atoms with E-state index in [1.54, 1.807) is 0 Å². The van der Waals surface area contributed by atoms with Crippen LogP contribution in [-0.4, -0.2) is 29.0 Å². The number of nitrogens with zero attached hydrogens (tertiary/aromatic N) is 2. The third-order valence-electron chi connectivity index (χ3n) is 5.02. The molecule has 1 aliphatic carbocycles. The van der Waals surface area contributed by atoms with Crippen molar-refractivity contribution < 1.29 is 0 Å².